The largest absolute Gasteiger partial charge is 1.00 e. The first-order chi connectivity index (χ1) is 39.0. The van der Waals surface area contributed by atoms with Crippen molar-refractivity contribution in [2.24, 2.45) is 41.4 Å². The van der Waals surface area contributed by atoms with Crippen molar-refractivity contribution in [1.29, 1.82) is 0 Å². The van der Waals surface area contributed by atoms with Crippen molar-refractivity contribution in [1.82, 2.24) is 4.98 Å². The van der Waals surface area contributed by atoms with Gasteiger partial charge in [0.1, 0.15) is 11.9 Å². The predicted octanol–water partition coefficient (Wildman–Crippen LogP) is 7.70. The van der Waals surface area contributed by atoms with Crippen LogP contribution in [0.3, 0.4) is 0 Å². The molecule has 3 aromatic rings. The van der Waals surface area contributed by atoms with Gasteiger partial charge in [-0.3, -0.25) is 9.78 Å². The van der Waals surface area contributed by atoms with E-state index in [-0.39, 0.29) is 77.7 Å². The van der Waals surface area contributed by atoms with Crippen molar-refractivity contribution in [3.05, 3.63) is 66.0 Å². The molecule has 4 fully saturated rings. The molecule has 0 radical (unpaired) electrons. The van der Waals surface area contributed by atoms with Gasteiger partial charge in [0.05, 0.1) is 79.9 Å². The second-order valence-corrected chi connectivity index (χ2v) is 24.4. The van der Waals surface area contributed by atoms with Crippen LogP contribution < -0.4 is 53.6 Å². The summed E-state index contributed by atoms with van der Waals surface area (Å²) < 4.78 is 56.4. The summed E-state index contributed by atoms with van der Waals surface area (Å²) in [6.07, 6.45) is 7.74. The summed E-state index contributed by atoms with van der Waals surface area (Å²) in [6.45, 7) is 29.8. The zero-order chi connectivity index (χ0) is 59.9. The van der Waals surface area contributed by atoms with E-state index in [0.29, 0.717) is 90.6 Å². The molecule has 18 unspecified atom stereocenters. The number of nitrogens with zero attached hydrogens (tertiary/aromatic N) is 1. The maximum atomic E-state index is 14.4. The molecule has 5 aliphatic heterocycles. The van der Waals surface area contributed by atoms with Gasteiger partial charge in [-0.25, -0.2) is 0 Å². The van der Waals surface area contributed by atoms with Gasteiger partial charge in [-0.15, -0.1) is 12.4 Å². The molecule has 4 saturated heterocycles. The van der Waals surface area contributed by atoms with Gasteiger partial charge in [0.2, 0.25) is 5.79 Å². The van der Waals surface area contributed by atoms with E-state index in [0.717, 1.165) is 51.4 Å². The van der Waals surface area contributed by atoms with Crippen LogP contribution in [0.2, 0.25) is 0 Å². The molecule has 8 rings (SSSR count). The number of aliphatic hydroxyl groups is 3. The van der Waals surface area contributed by atoms with Gasteiger partial charge in [-0.1, -0.05) is 61.5 Å². The van der Waals surface area contributed by atoms with Crippen LogP contribution >= 0.6 is 12.4 Å². The number of benzene rings is 2. The third-order valence-corrected chi connectivity index (χ3v) is 18.9. The Morgan fingerprint density at radius 2 is 1.40 bits per heavy atom. The summed E-state index contributed by atoms with van der Waals surface area (Å²) in [5.41, 5.74) is 0.463. The van der Waals surface area contributed by atoms with E-state index in [1.165, 1.54) is 0 Å². The first kappa shape index (κ1) is 71.7. The molecule has 0 aliphatic carbocycles. The minimum absolute atomic E-state index is 0. The van der Waals surface area contributed by atoms with Crippen molar-refractivity contribution in [3.63, 3.8) is 0 Å². The Morgan fingerprint density at radius 3 is 2.01 bits per heavy atom. The SMILES string of the molecule is CCC(C(=O)[O-])C1CCC(C)C(C(C)C(O)C(C)C(=O)C(CC)C2OC3(C=CC(O)C4(CCC(C)(C5CCC(O)(CC)C(C)O5)O4)O3)C(C)CC2C)O1.CCOc1ccc(Cc2nccc3cc(OCC)c(OCC)cc23)cc1OCC.Cl.[Na+]. The minimum Gasteiger partial charge on any atom is -0.550 e. The normalized spacial score (nSPS) is 32.8. The molecule has 2 aromatic carbocycles. The smallest absolute Gasteiger partial charge is 0.550 e. The van der Waals surface area contributed by atoms with E-state index in [9.17, 15) is 30.0 Å². The molecule has 18 heteroatoms. The van der Waals surface area contributed by atoms with Gasteiger partial charge in [0.25, 0.3) is 0 Å². The monoisotopic (exact) mass is 1200 g/mol. The molecular weight excluding hydrogens is 1110 g/mol. The number of Topliss-reactive ketones (excluding diaryl/α,β-unsaturated/α-hetero) is 1. The van der Waals surface area contributed by atoms with Crippen LogP contribution in [0.4, 0.5) is 0 Å². The first-order valence-electron chi connectivity index (χ1n) is 31.0. The molecule has 16 nitrogen and oxygen atoms in total. The van der Waals surface area contributed by atoms with E-state index in [1.807, 2.05) is 106 Å². The van der Waals surface area contributed by atoms with Crippen LogP contribution in [-0.2, 0) is 39.7 Å². The quantitative estimate of drug-likeness (QED) is 0.0649. The van der Waals surface area contributed by atoms with Crippen molar-refractivity contribution in [2.75, 3.05) is 26.4 Å². The molecule has 2 spiro atoms. The number of aliphatic hydroxyl groups excluding tert-OH is 2. The predicted molar refractivity (Wildman–Crippen MR) is 319 cm³/mol. The van der Waals surface area contributed by atoms with Crippen LogP contribution in [0.5, 0.6) is 23.0 Å². The molecule has 3 N–H and O–H groups in total. The third-order valence-electron chi connectivity index (χ3n) is 18.9. The Morgan fingerprint density at radius 1 is 0.774 bits per heavy atom. The van der Waals surface area contributed by atoms with Crippen LogP contribution in [0.15, 0.2) is 54.7 Å². The van der Waals surface area contributed by atoms with E-state index in [1.54, 1.807) is 19.1 Å². The van der Waals surface area contributed by atoms with E-state index in [4.69, 9.17) is 42.6 Å². The Bertz CT molecular complexity index is 2650. The zero-order valence-electron chi connectivity index (χ0n) is 53.0. The fourth-order valence-corrected chi connectivity index (χ4v) is 13.8. The topological polar surface area (TPSA) is 214 Å². The average Bonchev–Trinajstić information content (AvgIpc) is 3.07. The molecule has 0 bridgehead atoms. The molecule has 0 saturated carbocycles. The van der Waals surface area contributed by atoms with E-state index in [2.05, 4.69) is 31.8 Å². The van der Waals surface area contributed by atoms with Crippen molar-refractivity contribution < 1.29 is 102 Å². The van der Waals surface area contributed by atoms with Crippen molar-refractivity contribution in [3.8, 4) is 23.0 Å². The van der Waals surface area contributed by atoms with E-state index < -0.39 is 82.9 Å². The number of halogens is 1. The number of carbonyl (C=O) groups excluding carboxylic acids is 2. The fraction of sp³-hybridized carbons (Fsp3) is 0.712. The summed E-state index contributed by atoms with van der Waals surface area (Å²) >= 11 is 0. The van der Waals surface area contributed by atoms with Gasteiger partial charge in [-0.2, -0.15) is 0 Å². The number of pyridine rings is 1. The second-order valence-electron chi connectivity index (χ2n) is 24.4. The van der Waals surface area contributed by atoms with Crippen LogP contribution in [-0.4, -0.2) is 124 Å². The van der Waals surface area contributed by atoms with Crippen molar-refractivity contribution >= 4 is 34.9 Å². The number of hydrogen-bond acceptors (Lipinski definition) is 16. The molecule has 0 amide bonds. The van der Waals surface area contributed by atoms with Gasteiger partial charge < -0.3 is 67.9 Å². The Kier molecular flexibility index (Phi) is 26.3. The van der Waals surface area contributed by atoms with Gasteiger partial charge >= 0.3 is 29.6 Å². The number of carboxylic acid groups (broad SMARTS) is 1. The third kappa shape index (κ3) is 15.5. The summed E-state index contributed by atoms with van der Waals surface area (Å²) in [4.78, 5) is 30.9. The fourth-order valence-electron chi connectivity index (χ4n) is 13.8. The number of aromatic nitrogens is 1. The van der Waals surface area contributed by atoms with E-state index >= 15 is 0 Å². The van der Waals surface area contributed by atoms with Gasteiger partial charge in [0.15, 0.2) is 28.8 Å². The summed E-state index contributed by atoms with van der Waals surface area (Å²) in [7, 11) is 0. The average molecular weight is 1200 g/mol. The Labute approximate surface area is 528 Å². The van der Waals surface area contributed by atoms with Gasteiger partial charge in [0, 0.05) is 60.0 Å². The maximum absolute atomic E-state index is 14.4. The Hall–Kier alpha value is -3.10. The number of aliphatic carboxylic acids is 1. The van der Waals surface area contributed by atoms with Crippen LogP contribution in [0.25, 0.3) is 10.8 Å². The first-order valence-corrected chi connectivity index (χ1v) is 31.0. The van der Waals surface area contributed by atoms with Crippen LogP contribution in [0, 0.1) is 41.4 Å². The van der Waals surface area contributed by atoms with Gasteiger partial charge in [-0.05, 0) is 165 Å². The summed E-state index contributed by atoms with van der Waals surface area (Å²) in [5, 5.41) is 48.1. The zero-order valence-corrected chi connectivity index (χ0v) is 55.8. The number of carbonyl (C=O) groups is 2. The van der Waals surface area contributed by atoms with Crippen LogP contribution in [0.1, 0.15) is 172 Å². The summed E-state index contributed by atoms with van der Waals surface area (Å²) in [6, 6.07) is 12.1. The molecule has 5 aliphatic rings. The molecule has 6 heterocycles. The standard InChI is InChI=1S/C42H70O11.C24H29NO4.ClH.Na/c1-11-29(38(46)47)31-15-14-23(4)36(50-31)27(8)34(44)26(7)35(45)30(12-2)37-24(5)22-25(6)41(51-37)19-16-32(43)42(53-41)21-20-39(10,52-42)33-17-18-40(48,13-3)28(9)49-33;1-5-26-21-10-9-17(14-22(21)27-6-2)13-20-19-16-24(29-8-4)23(28-7-3)15-18(19)11-12-25-20;;/h16,19,23-34,36-37,43-44,48H,11-15,17-18,20-22H2,1-10H3,(H,46,47);9-12,14-16H,5-8,13H2,1-4H3;1H;/q;;;+1/p-1. The molecule has 466 valence electrons. The number of ether oxygens (including phenoxy) is 9. The maximum Gasteiger partial charge on any atom is 1.00 e. The summed E-state index contributed by atoms with van der Waals surface area (Å²) in [5.74, 6) is -3.19. The second kappa shape index (κ2) is 30.9. The molecule has 1 aromatic heterocycles. The number of ketones is 1. The number of fused-ring (bicyclic) bond motifs is 1. The number of rotatable bonds is 22. The molecule has 84 heavy (non-hydrogen) atoms. The molecule has 18 atom stereocenters. The minimum atomic E-state index is -1.37. The molecular formula is C66H99ClNNaO15. The number of carboxylic acids is 1. The number of hydrogen-bond donors (Lipinski definition) is 3. The Balaban J connectivity index is 0.000000352. The van der Waals surface area contributed by atoms with Crippen molar-refractivity contribution in [2.45, 2.75) is 233 Å².